The molecular weight excluding hydrogens is 244 g/mol. The second kappa shape index (κ2) is 7.39. The van der Waals surface area contributed by atoms with Gasteiger partial charge in [0.25, 0.3) is 10.1 Å². The van der Waals surface area contributed by atoms with Crippen molar-refractivity contribution in [3.8, 4) is 0 Å². The van der Waals surface area contributed by atoms with E-state index in [2.05, 4.69) is 0 Å². The molecular formula is C11H16O5S. The highest BCUT2D eigenvalue weighted by Crippen LogP contribution is 2.10. The molecule has 0 heterocycles. The lowest BCUT2D eigenvalue weighted by molar-refractivity contribution is 0.0554. The molecule has 0 aliphatic rings. The van der Waals surface area contributed by atoms with Gasteiger partial charge in [-0.1, -0.05) is 18.2 Å². The molecule has 0 bridgehead atoms. The Labute approximate surface area is 101 Å². The van der Waals surface area contributed by atoms with Crippen molar-refractivity contribution in [1.82, 2.24) is 0 Å². The van der Waals surface area contributed by atoms with Crippen LogP contribution in [-0.4, -0.2) is 42.0 Å². The largest absolute Gasteiger partial charge is 0.382 e. The van der Waals surface area contributed by atoms with Crippen LogP contribution in [0.1, 0.15) is 0 Å². The standard InChI is InChI=1S/C11H16O5S/c1-14-7-8-15-9-10-16-17(12,13)11-5-3-2-4-6-11/h2-6H,7-10H2,1H3. The molecule has 0 saturated heterocycles. The third-order valence-corrected chi connectivity index (χ3v) is 3.26. The first-order valence-corrected chi connectivity index (χ1v) is 6.59. The minimum Gasteiger partial charge on any atom is -0.382 e. The molecule has 0 saturated carbocycles. The molecule has 6 heteroatoms. The topological polar surface area (TPSA) is 61.8 Å². The maximum atomic E-state index is 11.6. The van der Waals surface area contributed by atoms with Crippen molar-refractivity contribution in [3.63, 3.8) is 0 Å². The summed E-state index contributed by atoms with van der Waals surface area (Å²) in [7, 11) is -2.10. The third-order valence-electron chi connectivity index (χ3n) is 1.93. The number of rotatable bonds is 8. The van der Waals surface area contributed by atoms with Crippen molar-refractivity contribution in [3.05, 3.63) is 30.3 Å². The van der Waals surface area contributed by atoms with Crippen LogP contribution in [0.2, 0.25) is 0 Å². The van der Waals surface area contributed by atoms with Crippen LogP contribution in [0.25, 0.3) is 0 Å². The Morgan fingerprint density at radius 3 is 2.29 bits per heavy atom. The third kappa shape index (κ3) is 5.27. The first-order chi connectivity index (χ1) is 8.17. The van der Waals surface area contributed by atoms with Gasteiger partial charge < -0.3 is 9.47 Å². The maximum Gasteiger partial charge on any atom is 0.297 e. The van der Waals surface area contributed by atoms with E-state index in [1.54, 1.807) is 25.3 Å². The molecule has 0 spiro atoms. The zero-order valence-electron chi connectivity index (χ0n) is 9.66. The lowest BCUT2D eigenvalue weighted by Crippen LogP contribution is -2.13. The van der Waals surface area contributed by atoms with E-state index in [1.165, 1.54) is 12.1 Å². The fourth-order valence-electron chi connectivity index (χ4n) is 1.10. The van der Waals surface area contributed by atoms with Crippen LogP contribution in [0.3, 0.4) is 0 Å². The van der Waals surface area contributed by atoms with Gasteiger partial charge in [0, 0.05) is 7.11 Å². The molecule has 0 fully saturated rings. The minimum atomic E-state index is -3.66. The highest BCUT2D eigenvalue weighted by Gasteiger charge is 2.13. The number of hydrogen-bond donors (Lipinski definition) is 0. The van der Waals surface area contributed by atoms with E-state index in [4.69, 9.17) is 13.7 Å². The van der Waals surface area contributed by atoms with Gasteiger partial charge in [-0.3, -0.25) is 4.18 Å². The number of hydrogen-bond acceptors (Lipinski definition) is 5. The lowest BCUT2D eigenvalue weighted by atomic mass is 10.4. The Morgan fingerprint density at radius 2 is 1.65 bits per heavy atom. The average molecular weight is 260 g/mol. The summed E-state index contributed by atoms with van der Waals surface area (Å²) in [6.45, 7) is 1.12. The van der Waals surface area contributed by atoms with E-state index in [0.717, 1.165) is 0 Å². The van der Waals surface area contributed by atoms with E-state index in [1.807, 2.05) is 0 Å². The lowest BCUT2D eigenvalue weighted by Gasteiger charge is -2.06. The summed E-state index contributed by atoms with van der Waals surface area (Å²) in [5, 5.41) is 0. The molecule has 5 nitrogen and oxygen atoms in total. The predicted molar refractivity (Wildman–Crippen MR) is 62.3 cm³/mol. The number of ether oxygens (including phenoxy) is 2. The normalized spacial score (nSPS) is 11.6. The fraction of sp³-hybridized carbons (Fsp3) is 0.455. The van der Waals surface area contributed by atoms with Gasteiger partial charge in [0.15, 0.2) is 0 Å². The molecule has 0 aromatic heterocycles. The van der Waals surface area contributed by atoms with E-state index in [9.17, 15) is 8.42 Å². The summed E-state index contributed by atoms with van der Waals surface area (Å²) < 4.78 is 37.9. The Hall–Kier alpha value is -0.950. The van der Waals surface area contributed by atoms with Crippen molar-refractivity contribution in [1.29, 1.82) is 0 Å². The molecule has 1 aromatic rings. The Balaban J connectivity index is 2.31. The summed E-state index contributed by atoms with van der Waals surface area (Å²) in [4.78, 5) is 0.150. The van der Waals surface area contributed by atoms with Crippen LogP contribution in [0.4, 0.5) is 0 Å². The van der Waals surface area contributed by atoms with Crippen molar-refractivity contribution in [2.24, 2.45) is 0 Å². The van der Waals surface area contributed by atoms with Crippen LogP contribution in [-0.2, 0) is 23.8 Å². The molecule has 1 aromatic carbocycles. The van der Waals surface area contributed by atoms with Crippen LogP contribution < -0.4 is 0 Å². The van der Waals surface area contributed by atoms with Crippen molar-refractivity contribution < 1.29 is 22.1 Å². The molecule has 0 N–H and O–H groups in total. The molecule has 0 amide bonds. The van der Waals surface area contributed by atoms with Crippen molar-refractivity contribution in [2.75, 3.05) is 33.5 Å². The van der Waals surface area contributed by atoms with Gasteiger partial charge in [-0.15, -0.1) is 0 Å². The van der Waals surface area contributed by atoms with E-state index >= 15 is 0 Å². The summed E-state index contributed by atoms with van der Waals surface area (Å²) in [5.41, 5.74) is 0. The summed E-state index contributed by atoms with van der Waals surface area (Å²) in [5.74, 6) is 0. The van der Waals surface area contributed by atoms with E-state index < -0.39 is 10.1 Å². The zero-order chi connectivity index (χ0) is 12.6. The van der Waals surface area contributed by atoms with Crippen molar-refractivity contribution in [2.45, 2.75) is 4.90 Å². The van der Waals surface area contributed by atoms with E-state index in [-0.39, 0.29) is 18.1 Å². The number of methoxy groups -OCH3 is 1. The summed E-state index contributed by atoms with van der Waals surface area (Å²) >= 11 is 0. The molecule has 0 aliphatic heterocycles. The van der Waals surface area contributed by atoms with Crippen LogP contribution >= 0.6 is 0 Å². The molecule has 1 rings (SSSR count). The van der Waals surface area contributed by atoms with Gasteiger partial charge in [0.05, 0.1) is 31.3 Å². The highest BCUT2D eigenvalue weighted by molar-refractivity contribution is 7.86. The Bertz CT molecular complexity index is 401. The summed E-state index contributed by atoms with van der Waals surface area (Å²) in [6.07, 6.45) is 0. The Morgan fingerprint density at radius 1 is 1.00 bits per heavy atom. The van der Waals surface area contributed by atoms with E-state index in [0.29, 0.717) is 13.2 Å². The zero-order valence-corrected chi connectivity index (χ0v) is 10.5. The van der Waals surface area contributed by atoms with Gasteiger partial charge in [0.2, 0.25) is 0 Å². The highest BCUT2D eigenvalue weighted by atomic mass is 32.2. The van der Waals surface area contributed by atoms with Crippen molar-refractivity contribution >= 4 is 10.1 Å². The molecule has 0 unspecified atom stereocenters. The SMILES string of the molecule is COCCOCCOS(=O)(=O)c1ccccc1. The summed E-state index contributed by atoms with van der Waals surface area (Å²) in [6, 6.07) is 8.01. The second-order valence-electron chi connectivity index (χ2n) is 3.19. The second-order valence-corrected chi connectivity index (χ2v) is 4.81. The smallest absolute Gasteiger partial charge is 0.297 e. The Kier molecular flexibility index (Phi) is 6.13. The number of benzene rings is 1. The minimum absolute atomic E-state index is 0.000934. The van der Waals surface area contributed by atoms with Crippen LogP contribution in [0.5, 0.6) is 0 Å². The molecule has 17 heavy (non-hydrogen) atoms. The van der Waals surface area contributed by atoms with Crippen LogP contribution in [0.15, 0.2) is 35.2 Å². The quantitative estimate of drug-likeness (QED) is 0.516. The molecule has 0 atom stereocenters. The van der Waals surface area contributed by atoms with Gasteiger partial charge in [-0.05, 0) is 12.1 Å². The predicted octanol–water partition coefficient (Wildman–Crippen LogP) is 1.05. The maximum absolute atomic E-state index is 11.6. The fourth-order valence-corrected chi connectivity index (χ4v) is 2.02. The van der Waals surface area contributed by atoms with Gasteiger partial charge in [0.1, 0.15) is 0 Å². The molecule has 0 aliphatic carbocycles. The monoisotopic (exact) mass is 260 g/mol. The molecule has 0 radical (unpaired) electrons. The van der Waals surface area contributed by atoms with Gasteiger partial charge >= 0.3 is 0 Å². The molecule has 96 valence electrons. The first-order valence-electron chi connectivity index (χ1n) is 5.18. The average Bonchev–Trinajstić information content (AvgIpc) is 2.35. The van der Waals surface area contributed by atoms with Crippen LogP contribution in [0, 0.1) is 0 Å². The van der Waals surface area contributed by atoms with Gasteiger partial charge in [-0.2, -0.15) is 8.42 Å². The first kappa shape index (κ1) is 14.1. The van der Waals surface area contributed by atoms with Gasteiger partial charge in [-0.25, -0.2) is 0 Å².